The number of piperidine rings is 1. The summed E-state index contributed by atoms with van der Waals surface area (Å²) < 4.78 is 23.7. The zero-order valence-electron chi connectivity index (χ0n) is 20.6. The number of hydrogen-bond acceptors (Lipinski definition) is 7. The minimum Gasteiger partial charge on any atom is -0.496 e. The molecule has 1 N–H and O–H groups in total. The standard InChI is InChI=1S/C29H29NO6/c1-30-13-12-21(23(32)17-30)27-25(33-2)16-26(34-3)28-22(31)15-24(36-29(27)28)18-8-7-11-20(14-18)35-19-9-5-4-6-10-19/h4-11,14-16,21,23,32H,12-13,17H2,1-3H3/t21-,23+/m0/s1. The van der Waals surface area contributed by atoms with Gasteiger partial charge in [0.15, 0.2) is 5.43 Å². The van der Waals surface area contributed by atoms with Crippen LogP contribution in [-0.4, -0.2) is 50.5 Å². The number of fused-ring (bicyclic) bond motifs is 1. The molecule has 3 aromatic carbocycles. The van der Waals surface area contributed by atoms with Crippen molar-refractivity contribution in [2.75, 3.05) is 34.4 Å². The summed E-state index contributed by atoms with van der Waals surface area (Å²) >= 11 is 0. The second-order valence-corrected chi connectivity index (χ2v) is 9.04. The maximum absolute atomic E-state index is 13.4. The highest BCUT2D eigenvalue weighted by Gasteiger charge is 2.33. The van der Waals surface area contributed by atoms with Crippen LogP contribution in [0.1, 0.15) is 17.9 Å². The smallest absolute Gasteiger partial charge is 0.197 e. The van der Waals surface area contributed by atoms with Crippen molar-refractivity contribution in [3.05, 3.63) is 82.5 Å². The second kappa shape index (κ2) is 10.0. The monoisotopic (exact) mass is 487 g/mol. The topological polar surface area (TPSA) is 81.4 Å². The molecule has 7 nitrogen and oxygen atoms in total. The molecule has 1 aliphatic rings. The number of ether oxygens (including phenoxy) is 3. The molecule has 186 valence electrons. The largest absolute Gasteiger partial charge is 0.496 e. The Labute approximate surface area is 209 Å². The van der Waals surface area contributed by atoms with Gasteiger partial charge in [-0.05, 0) is 44.3 Å². The van der Waals surface area contributed by atoms with E-state index in [4.69, 9.17) is 18.6 Å². The molecule has 2 heterocycles. The summed E-state index contributed by atoms with van der Waals surface area (Å²) in [6.07, 6.45) is 0.0647. The van der Waals surface area contributed by atoms with Crippen LogP contribution in [0.3, 0.4) is 0 Å². The van der Waals surface area contributed by atoms with E-state index in [-0.39, 0.29) is 11.3 Å². The molecule has 7 heteroatoms. The molecule has 4 aromatic rings. The van der Waals surface area contributed by atoms with Gasteiger partial charge < -0.3 is 28.6 Å². The third kappa shape index (κ3) is 4.55. The Kier molecular flexibility index (Phi) is 6.67. The highest BCUT2D eigenvalue weighted by atomic mass is 16.5. The van der Waals surface area contributed by atoms with E-state index < -0.39 is 6.10 Å². The SMILES string of the molecule is COc1cc(OC)c2c(=O)cc(-c3cccc(Oc4ccccc4)c3)oc2c1[C@H]1CCN(C)C[C@H]1O. The molecular weight excluding hydrogens is 458 g/mol. The van der Waals surface area contributed by atoms with Crippen molar-refractivity contribution in [3.63, 3.8) is 0 Å². The molecule has 1 saturated heterocycles. The number of β-amino-alcohol motifs (C(OH)–C–C–N with tert-alkyl or cyclic N) is 1. The number of benzene rings is 3. The van der Waals surface area contributed by atoms with Crippen LogP contribution in [0.4, 0.5) is 0 Å². The number of rotatable bonds is 6. The highest BCUT2D eigenvalue weighted by molar-refractivity contribution is 5.90. The fraction of sp³-hybridized carbons (Fsp3) is 0.276. The van der Waals surface area contributed by atoms with Crippen LogP contribution in [0.5, 0.6) is 23.0 Å². The summed E-state index contributed by atoms with van der Waals surface area (Å²) in [7, 11) is 5.05. The molecule has 0 spiro atoms. The number of likely N-dealkylation sites (tertiary alicyclic amines) is 1. The maximum atomic E-state index is 13.4. The molecule has 0 radical (unpaired) electrons. The average molecular weight is 488 g/mol. The summed E-state index contributed by atoms with van der Waals surface area (Å²) in [4.78, 5) is 15.5. The van der Waals surface area contributed by atoms with Crippen LogP contribution in [0, 0.1) is 0 Å². The first-order chi connectivity index (χ1) is 17.5. The van der Waals surface area contributed by atoms with E-state index >= 15 is 0 Å². The van der Waals surface area contributed by atoms with Crippen LogP contribution in [0.2, 0.25) is 0 Å². The van der Waals surface area contributed by atoms with Gasteiger partial charge in [0, 0.05) is 35.7 Å². The summed E-state index contributed by atoms with van der Waals surface area (Å²) in [6, 6.07) is 20.1. The predicted molar refractivity (Wildman–Crippen MR) is 138 cm³/mol. The lowest BCUT2D eigenvalue weighted by atomic mass is 9.85. The Morgan fingerprint density at radius 2 is 1.69 bits per heavy atom. The van der Waals surface area contributed by atoms with E-state index in [1.54, 1.807) is 13.2 Å². The van der Waals surface area contributed by atoms with Crippen molar-refractivity contribution < 1.29 is 23.7 Å². The van der Waals surface area contributed by atoms with Gasteiger partial charge in [-0.3, -0.25) is 4.79 Å². The normalized spacial score (nSPS) is 18.2. The third-order valence-electron chi connectivity index (χ3n) is 6.66. The highest BCUT2D eigenvalue weighted by Crippen LogP contribution is 2.43. The molecule has 5 rings (SSSR count). The number of methoxy groups -OCH3 is 2. The molecule has 0 saturated carbocycles. The van der Waals surface area contributed by atoms with Gasteiger partial charge in [-0.2, -0.15) is 0 Å². The predicted octanol–water partition coefficient (Wildman–Crippen LogP) is 5.05. The van der Waals surface area contributed by atoms with Crippen molar-refractivity contribution >= 4 is 11.0 Å². The quantitative estimate of drug-likeness (QED) is 0.408. The Morgan fingerprint density at radius 1 is 0.944 bits per heavy atom. The van der Waals surface area contributed by atoms with Gasteiger partial charge >= 0.3 is 0 Å². The molecule has 0 unspecified atom stereocenters. The van der Waals surface area contributed by atoms with Gasteiger partial charge in [0.05, 0.1) is 20.3 Å². The van der Waals surface area contributed by atoms with Crippen molar-refractivity contribution in [2.24, 2.45) is 0 Å². The third-order valence-corrected chi connectivity index (χ3v) is 6.66. The van der Waals surface area contributed by atoms with Crippen LogP contribution in [0.15, 0.2) is 75.9 Å². The zero-order valence-corrected chi connectivity index (χ0v) is 20.6. The van der Waals surface area contributed by atoms with Gasteiger partial charge in [-0.1, -0.05) is 30.3 Å². The van der Waals surface area contributed by atoms with Crippen molar-refractivity contribution in [1.82, 2.24) is 4.90 Å². The molecule has 36 heavy (non-hydrogen) atoms. The van der Waals surface area contributed by atoms with Crippen LogP contribution in [-0.2, 0) is 0 Å². The number of nitrogens with zero attached hydrogens (tertiary/aromatic N) is 1. The number of aliphatic hydroxyl groups is 1. The van der Waals surface area contributed by atoms with E-state index in [1.165, 1.54) is 13.2 Å². The van der Waals surface area contributed by atoms with Crippen LogP contribution >= 0.6 is 0 Å². The second-order valence-electron chi connectivity index (χ2n) is 9.04. The molecule has 1 aliphatic heterocycles. The molecule has 1 fully saturated rings. The zero-order chi connectivity index (χ0) is 25.2. The molecule has 1 aromatic heterocycles. The van der Waals surface area contributed by atoms with Crippen molar-refractivity contribution in [1.29, 1.82) is 0 Å². The van der Waals surface area contributed by atoms with Gasteiger partial charge in [-0.25, -0.2) is 0 Å². The number of likely N-dealkylation sites (N-methyl/N-ethyl adjacent to an activating group) is 1. The number of aliphatic hydroxyl groups excluding tert-OH is 1. The van der Waals surface area contributed by atoms with E-state index in [9.17, 15) is 9.90 Å². The Bertz CT molecular complexity index is 1430. The fourth-order valence-corrected chi connectivity index (χ4v) is 4.88. The Hall–Kier alpha value is -3.81. The molecular formula is C29H29NO6. The lowest BCUT2D eigenvalue weighted by molar-refractivity contribution is 0.0630. The lowest BCUT2D eigenvalue weighted by Gasteiger charge is -2.34. The maximum Gasteiger partial charge on any atom is 0.197 e. The van der Waals surface area contributed by atoms with Gasteiger partial charge in [0.25, 0.3) is 0 Å². The first kappa shape index (κ1) is 23.9. The van der Waals surface area contributed by atoms with Crippen molar-refractivity contribution in [3.8, 4) is 34.3 Å². The van der Waals surface area contributed by atoms with Crippen LogP contribution in [0.25, 0.3) is 22.3 Å². The van der Waals surface area contributed by atoms with E-state index in [1.807, 2.05) is 61.6 Å². The average Bonchev–Trinajstić information content (AvgIpc) is 2.89. The lowest BCUT2D eigenvalue weighted by Crippen LogP contribution is -2.40. The number of para-hydroxylation sites is 1. The summed E-state index contributed by atoms with van der Waals surface area (Å²) in [5.41, 5.74) is 1.52. The summed E-state index contributed by atoms with van der Waals surface area (Å²) in [5, 5.41) is 11.3. The first-order valence-electron chi connectivity index (χ1n) is 11.9. The fourth-order valence-electron chi connectivity index (χ4n) is 4.88. The summed E-state index contributed by atoms with van der Waals surface area (Å²) in [5.74, 6) is 2.36. The van der Waals surface area contributed by atoms with Gasteiger partial charge in [0.2, 0.25) is 0 Å². The van der Waals surface area contributed by atoms with Crippen LogP contribution < -0.4 is 19.6 Å². The first-order valence-corrected chi connectivity index (χ1v) is 11.9. The van der Waals surface area contributed by atoms with E-state index in [2.05, 4.69) is 4.90 Å². The number of hydrogen-bond donors (Lipinski definition) is 1. The Balaban J connectivity index is 1.67. The minimum atomic E-state index is -0.634. The van der Waals surface area contributed by atoms with E-state index in [0.29, 0.717) is 63.8 Å². The molecule has 0 aliphatic carbocycles. The molecule has 0 amide bonds. The summed E-state index contributed by atoms with van der Waals surface area (Å²) in [6.45, 7) is 1.32. The van der Waals surface area contributed by atoms with Crippen molar-refractivity contribution in [2.45, 2.75) is 18.4 Å². The van der Waals surface area contributed by atoms with E-state index in [0.717, 1.165) is 6.54 Å². The molecule has 2 atom stereocenters. The van der Waals surface area contributed by atoms with Gasteiger partial charge in [-0.15, -0.1) is 0 Å². The Morgan fingerprint density at radius 3 is 2.42 bits per heavy atom. The van der Waals surface area contributed by atoms with Gasteiger partial charge in [0.1, 0.15) is 39.7 Å². The minimum absolute atomic E-state index is 0.233. The molecule has 0 bridgehead atoms.